The predicted octanol–water partition coefficient (Wildman–Crippen LogP) is 1.93. The normalized spacial score (nSPS) is 16.3. The summed E-state index contributed by atoms with van der Waals surface area (Å²) >= 11 is 0. The predicted molar refractivity (Wildman–Crippen MR) is 85.6 cm³/mol. The number of carbonyl (C=O) groups is 1. The molecule has 0 spiro atoms. The molecule has 1 amide bonds. The van der Waals surface area contributed by atoms with Gasteiger partial charge >= 0.3 is 0 Å². The highest BCUT2D eigenvalue weighted by molar-refractivity contribution is 5.98. The SMILES string of the molecule is CC(C)CCNc1ncccc1C(=O)N1CCN(C)CC1. The number of pyridine rings is 1. The topological polar surface area (TPSA) is 48.5 Å². The van der Waals surface area contributed by atoms with Crippen LogP contribution in [0.5, 0.6) is 0 Å². The highest BCUT2D eigenvalue weighted by atomic mass is 16.2. The summed E-state index contributed by atoms with van der Waals surface area (Å²) in [6.07, 6.45) is 2.80. The standard InChI is InChI=1S/C16H26N4O/c1-13(2)6-8-18-15-14(5-4-7-17-15)16(21)20-11-9-19(3)10-12-20/h4-5,7,13H,6,8-12H2,1-3H3,(H,17,18). The van der Waals surface area contributed by atoms with Gasteiger partial charge in [0.05, 0.1) is 5.56 Å². The molecule has 1 saturated heterocycles. The van der Waals surface area contributed by atoms with Crippen molar-refractivity contribution in [2.45, 2.75) is 20.3 Å². The van der Waals surface area contributed by atoms with Gasteiger partial charge in [-0.15, -0.1) is 0 Å². The second kappa shape index (κ2) is 7.41. The van der Waals surface area contributed by atoms with Gasteiger partial charge in [0, 0.05) is 38.9 Å². The van der Waals surface area contributed by atoms with Crippen LogP contribution in [0.2, 0.25) is 0 Å². The Labute approximate surface area is 127 Å². The van der Waals surface area contributed by atoms with Crippen LogP contribution >= 0.6 is 0 Å². The zero-order valence-corrected chi connectivity index (χ0v) is 13.3. The molecule has 1 aliphatic heterocycles. The van der Waals surface area contributed by atoms with Gasteiger partial charge in [0.2, 0.25) is 0 Å². The van der Waals surface area contributed by atoms with Crippen LogP contribution < -0.4 is 5.32 Å². The van der Waals surface area contributed by atoms with Crippen molar-refractivity contribution in [3.63, 3.8) is 0 Å². The van der Waals surface area contributed by atoms with Gasteiger partial charge in [-0.3, -0.25) is 4.79 Å². The van der Waals surface area contributed by atoms with E-state index in [-0.39, 0.29) is 5.91 Å². The molecule has 0 atom stereocenters. The maximum absolute atomic E-state index is 12.7. The fourth-order valence-electron chi connectivity index (χ4n) is 2.38. The van der Waals surface area contributed by atoms with Crippen molar-refractivity contribution in [3.8, 4) is 0 Å². The smallest absolute Gasteiger partial charge is 0.257 e. The second-order valence-corrected chi connectivity index (χ2v) is 6.10. The Morgan fingerprint density at radius 1 is 1.33 bits per heavy atom. The van der Waals surface area contributed by atoms with Gasteiger partial charge in [-0.05, 0) is 31.5 Å². The summed E-state index contributed by atoms with van der Waals surface area (Å²) in [6, 6.07) is 3.70. The van der Waals surface area contributed by atoms with Gasteiger partial charge in [-0.1, -0.05) is 13.8 Å². The molecule has 2 heterocycles. The fourth-order valence-corrected chi connectivity index (χ4v) is 2.38. The number of anilines is 1. The van der Waals surface area contributed by atoms with E-state index in [1.807, 2.05) is 17.0 Å². The van der Waals surface area contributed by atoms with Crippen LogP contribution in [0.15, 0.2) is 18.3 Å². The van der Waals surface area contributed by atoms with Crippen LogP contribution in [0, 0.1) is 5.92 Å². The number of nitrogens with zero attached hydrogens (tertiary/aromatic N) is 3. The third-order valence-corrected chi connectivity index (χ3v) is 3.84. The van der Waals surface area contributed by atoms with Crippen LogP contribution in [0.3, 0.4) is 0 Å². The summed E-state index contributed by atoms with van der Waals surface area (Å²) in [5.41, 5.74) is 0.686. The molecule has 2 rings (SSSR count). The molecular formula is C16H26N4O. The molecule has 116 valence electrons. The zero-order chi connectivity index (χ0) is 15.2. The molecule has 1 aliphatic rings. The molecule has 5 nitrogen and oxygen atoms in total. The Morgan fingerprint density at radius 2 is 2.05 bits per heavy atom. The Balaban J connectivity index is 2.03. The number of nitrogens with one attached hydrogen (secondary N) is 1. The van der Waals surface area contributed by atoms with Gasteiger partial charge in [0.15, 0.2) is 0 Å². The lowest BCUT2D eigenvalue weighted by molar-refractivity contribution is 0.0664. The molecular weight excluding hydrogens is 264 g/mol. The van der Waals surface area contributed by atoms with E-state index in [0.717, 1.165) is 39.1 Å². The maximum atomic E-state index is 12.7. The largest absolute Gasteiger partial charge is 0.369 e. The van der Waals surface area contributed by atoms with Gasteiger partial charge in [-0.25, -0.2) is 4.98 Å². The Hall–Kier alpha value is -1.62. The molecule has 0 unspecified atom stereocenters. The van der Waals surface area contributed by atoms with E-state index in [0.29, 0.717) is 17.3 Å². The first-order valence-electron chi connectivity index (χ1n) is 7.74. The quantitative estimate of drug-likeness (QED) is 0.900. The van der Waals surface area contributed by atoms with Gasteiger partial charge < -0.3 is 15.1 Å². The number of piperazine rings is 1. The summed E-state index contributed by atoms with van der Waals surface area (Å²) in [6.45, 7) is 8.67. The number of rotatable bonds is 5. The lowest BCUT2D eigenvalue weighted by atomic mass is 10.1. The Morgan fingerprint density at radius 3 is 2.71 bits per heavy atom. The fraction of sp³-hybridized carbons (Fsp3) is 0.625. The molecule has 0 aliphatic carbocycles. The zero-order valence-electron chi connectivity index (χ0n) is 13.3. The minimum absolute atomic E-state index is 0.0863. The van der Waals surface area contributed by atoms with E-state index in [2.05, 4.69) is 36.1 Å². The highest BCUT2D eigenvalue weighted by Crippen LogP contribution is 2.16. The lowest BCUT2D eigenvalue weighted by Crippen LogP contribution is -2.47. The summed E-state index contributed by atoms with van der Waals surface area (Å²) in [7, 11) is 2.09. The minimum Gasteiger partial charge on any atom is -0.369 e. The molecule has 1 aromatic heterocycles. The average molecular weight is 290 g/mol. The first-order chi connectivity index (χ1) is 10.1. The molecule has 1 N–H and O–H groups in total. The van der Waals surface area contributed by atoms with Crippen LogP contribution in [-0.2, 0) is 0 Å². The summed E-state index contributed by atoms with van der Waals surface area (Å²) in [4.78, 5) is 21.2. The third kappa shape index (κ3) is 4.43. The molecule has 0 radical (unpaired) electrons. The number of hydrogen-bond donors (Lipinski definition) is 1. The van der Waals surface area contributed by atoms with Crippen molar-refractivity contribution < 1.29 is 4.79 Å². The Bertz CT molecular complexity index is 467. The van der Waals surface area contributed by atoms with E-state index in [4.69, 9.17) is 0 Å². The first kappa shape index (κ1) is 15.8. The molecule has 0 aromatic carbocycles. The summed E-state index contributed by atoms with van der Waals surface area (Å²) < 4.78 is 0. The van der Waals surface area contributed by atoms with E-state index in [9.17, 15) is 4.79 Å². The van der Waals surface area contributed by atoms with Crippen LogP contribution in [0.4, 0.5) is 5.82 Å². The first-order valence-corrected chi connectivity index (χ1v) is 7.74. The minimum atomic E-state index is 0.0863. The number of carbonyl (C=O) groups excluding carboxylic acids is 1. The van der Waals surface area contributed by atoms with E-state index in [1.54, 1.807) is 6.20 Å². The van der Waals surface area contributed by atoms with E-state index >= 15 is 0 Å². The van der Waals surface area contributed by atoms with Crippen molar-refractivity contribution in [2.24, 2.45) is 5.92 Å². The maximum Gasteiger partial charge on any atom is 0.257 e. The second-order valence-electron chi connectivity index (χ2n) is 6.10. The Kier molecular flexibility index (Phi) is 5.56. The van der Waals surface area contributed by atoms with E-state index in [1.165, 1.54) is 0 Å². The number of hydrogen-bond acceptors (Lipinski definition) is 4. The average Bonchev–Trinajstić information content (AvgIpc) is 2.47. The van der Waals surface area contributed by atoms with Crippen LogP contribution in [-0.4, -0.2) is 60.5 Å². The number of amides is 1. The highest BCUT2D eigenvalue weighted by Gasteiger charge is 2.22. The monoisotopic (exact) mass is 290 g/mol. The van der Waals surface area contributed by atoms with Crippen molar-refractivity contribution in [1.29, 1.82) is 0 Å². The van der Waals surface area contributed by atoms with Crippen LogP contribution in [0.1, 0.15) is 30.6 Å². The van der Waals surface area contributed by atoms with Gasteiger partial charge in [0.25, 0.3) is 5.91 Å². The number of likely N-dealkylation sites (N-methyl/N-ethyl adjacent to an activating group) is 1. The molecule has 5 heteroatoms. The molecule has 1 aromatic rings. The van der Waals surface area contributed by atoms with Crippen LogP contribution in [0.25, 0.3) is 0 Å². The van der Waals surface area contributed by atoms with Gasteiger partial charge in [0.1, 0.15) is 5.82 Å². The van der Waals surface area contributed by atoms with Crippen molar-refractivity contribution in [1.82, 2.24) is 14.8 Å². The molecule has 1 fully saturated rings. The molecule has 21 heavy (non-hydrogen) atoms. The van der Waals surface area contributed by atoms with Gasteiger partial charge in [-0.2, -0.15) is 0 Å². The molecule has 0 bridgehead atoms. The molecule has 0 saturated carbocycles. The van der Waals surface area contributed by atoms with Crippen molar-refractivity contribution in [2.75, 3.05) is 45.1 Å². The lowest BCUT2D eigenvalue weighted by Gasteiger charge is -2.32. The number of aromatic nitrogens is 1. The summed E-state index contributed by atoms with van der Waals surface area (Å²) in [5.74, 6) is 1.43. The summed E-state index contributed by atoms with van der Waals surface area (Å²) in [5, 5.41) is 3.30. The third-order valence-electron chi connectivity index (χ3n) is 3.84. The van der Waals surface area contributed by atoms with Crippen molar-refractivity contribution >= 4 is 11.7 Å². The van der Waals surface area contributed by atoms with E-state index < -0.39 is 0 Å². The van der Waals surface area contributed by atoms with Crippen molar-refractivity contribution in [3.05, 3.63) is 23.9 Å².